The zero-order valence-electron chi connectivity index (χ0n) is 12.7. The number of nitrogens with zero attached hydrogens (tertiary/aromatic N) is 2. The van der Waals surface area contributed by atoms with E-state index in [0.717, 1.165) is 19.5 Å². The lowest BCUT2D eigenvalue weighted by Gasteiger charge is -2.47. The van der Waals surface area contributed by atoms with Crippen LogP contribution in [0.3, 0.4) is 0 Å². The van der Waals surface area contributed by atoms with Crippen molar-refractivity contribution in [1.82, 2.24) is 15.1 Å². The number of fused-ring (bicyclic) bond motifs is 1. The monoisotopic (exact) mass is 299 g/mol. The van der Waals surface area contributed by atoms with Crippen molar-refractivity contribution in [3.8, 4) is 0 Å². The smallest absolute Gasteiger partial charge is 0.328 e. The number of rotatable bonds is 3. The van der Waals surface area contributed by atoms with Crippen LogP contribution in [0, 0.1) is 0 Å². The van der Waals surface area contributed by atoms with Crippen molar-refractivity contribution in [3.63, 3.8) is 0 Å². The van der Waals surface area contributed by atoms with Gasteiger partial charge < -0.3 is 20.4 Å². The van der Waals surface area contributed by atoms with Crippen LogP contribution in [0.4, 0.5) is 4.79 Å². The highest BCUT2D eigenvalue weighted by molar-refractivity contribution is 5.83. The van der Waals surface area contributed by atoms with E-state index >= 15 is 0 Å². The highest BCUT2D eigenvalue weighted by Crippen LogP contribution is 2.24. The summed E-state index contributed by atoms with van der Waals surface area (Å²) in [7, 11) is 0. The molecule has 21 heavy (non-hydrogen) atoms. The van der Waals surface area contributed by atoms with E-state index in [1.165, 1.54) is 19.8 Å². The Morgan fingerprint density at radius 3 is 2.62 bits per heavy atom. The number of hydrogen-bond donors (Lipinski definition) is 3. The first-order chi connectivity index (χ1) is 9.90. The van der Waals surface area contributed by atoms with Crippen molar-refractivity contribution in [2.24, 2.45) is 0 Å². The molecular weight excluding hydrogens is 274 g/mol. The highest BCUT2D eigenvalue weighted by Gasteiger charge is 2.36. The van der Waals surface area contributed by atoms with Crippen molar-refractivity contribution in [3.05, 3.63) is 0 Å². The molecule has 0 spiro atoms. The molecule has 2 saturated heterocycles. The number of urea groups is 1. The molecule has 2 heterocycles. The average Bonchev–Trinajstić information content (AvgIpc) is 2.43. The third-order valence-corrected chi connectivity index (χ3v) is 4.48. The van der Waals surface area contributed by atoms with E-state index < -0.39 is 24.1 Å². The van der Waals surface area contributed by atoms with E-state index in [0.29, 0.717) is 12.6 Å². The van der Waals surface area contributed by atoms with Gasteiger partial charge in [0.2, 0.25) is 0 Å². The molecule has 7 heteroatoms. The number of carboxylic acid groups (broad SMARTS) is 1. The van der Waals surface area contributed by atoms with Gasteiger partial charge in [0.05, 0.1) is 6.10 Å². The summed E-state index contributed by atoms with van der Waals surface area (Å²) in [6.07, 6.45) is 2.34. The topological polar surface area (TPSA) is 93.1 Å². The third kappa shape index (κ3) is 3.65. The van der Waals surface area contributed by atoms with Crippen molar-refractivity contribution >= 4 is 12.0 Å². The van der Waals surface area contributed by atoms with Crippen molar-refractivity contribution in [2.45, 2.75) is 57.3 Å². The Morgan fingerprint density at radius 1 is 1.29 bits per heavy atom. The van der Waals surface area contributed by atoms with E-state index in [4.69, 9.17) is 5.11 Å². The van der Waals surface area contributed by atoms with Crippen LogP contribution in [0.25, 0.3) is 0 Å². The molecule has 0 saturated carbocycles. The minimum Gasteiger partial charge on any atom is -0.480 e. The van der Waals surface area contributed by atoms with Crippen LogP contribution < -0.4 is 5.32 Å². The molecule has 2 rings (SSSR count). The van der Waals surface area contributed by atoms with Gasteiger partial charge in [-0.15, -0.1) is 0 Å². The molecule has 2 unspecified atom stereocenters. The van der Waals surface area contributed by atoms with Crippen LogP contribution in [-0.2, 0) is 4.79 Å². The summed E-state index contributed by atoms with van der Waals surface area (Å²) in [5.74, 6) is -1.22. The summed E-state index contributed by atoms with van der Waals surface area (Å²) >= 11 is 0. The second-order valence-electron chi connectivity index (χ2n) is 6.15. The number of piperazine rings is 1. The molecule has 0 aromatic carbocycles. The number of piperidine rings is 1. The van der Waals surface area contributed by atoms with Gasteiger partial charge in [0.15, 0.2) is 6.04 Å². The minimum atomic E-state index is -1.27. The van der Waals surface area contributed by atoms with Crippen LogP contribution in [0.1, 0.15) is 33.1 Å². The molecule has 2 amide bonds. The van der Waals surface area contributed by atoms with E-state index in [1.54, 1.807) is 4.90 Å². The number of carbonyl (C=O) groups is 2. The predicted molar refractivity (Wildman–Crippen MR) is 77.0 cm³/mol. The Balaban J connectivity index is 1.99. The Morgan fingerprint density at radius 2 is 2.00 bits per heavy atom. The number of aliphatic carboxylic acids is 1. The molecule has 120 valence electrons. The fourth-order valence-electron chi connectivity index (χ4n) is 3.24. The zero-order valence-corrected chi connectivity index (χ0v) is 12.7. The second-order valence-corrected chi connectivity index (χ2v) is 6.15. The predicted octanol–water partition coefficient (Wildman–Crippen LogP) is 0.0886. The first kappa shape index (κ1) is 16.0. The molecule has 2 aliphatic rings. The van der Waals surface area contributed by atoms with Crippen LogP contribution in [-0.4, -0.2) is 75.9 Å². The first-order valence-corrected chi connectivity index (χ1v) is 7.62. The Kier molecular flexibility index (Phi) is 5.05. The summed E-state index contributed by atoms with van der Waals surface area (Å²) in [6, 6.07) is -1.26. The van der Waals surface area contributed by atoms with Gasteiger partial charge in [0.1, 0.15) is 0 Å². The molecule has 0 aromatic heterocycles. The van der Waals surface area contributed by atoms with Gasteiger partial charge in [-0.2, -0.15) is 0 Å². The van der Waals surface area contributed by atoms with Crippen LogP contribution >= 0.6 is 0 Å². The fraction of sp³-hybridized carbons (Fsp3) is 0.857. The lowest BCUT2D eigenvalue weighted by atomic mass is 9.97. The van der Waals surface area contributed by atoms with E-state index in [1.807, 2.05) is 6.92 Å². The summed E-state index contributed by atoms with van der Waals surface area (Å²) in [6.45, 7) is 5.86. The van der Waals surface area contributed by atoms with Gasteiger partial charge in [0.25, 0.3) is 0 Å². The maximum absolute atomic E-state index is 12.3. The molecule has 2 aliphatic heterocycles. The van der Waals surface area contributed by atoms with Gasteiger partial charge in [0, 0.05) is 25.2 Å². The lowest BCUT2D eigenvalue weighted by molar-refractivity contribution is -0.141. The molecule has 3 N–H and O–H groups in total. The van der Waals surface area contributed by atoms with E-state index in [2.05, 4.69) is 10.2 Å². The number of aliphatic hydroxyl groups is 1. The maximum atomic E-state index is 12.3. The van der Waals surface area contributed by atoms with E-state index in [-0.39, 0.29) is 6.04 Å². The Bertz CT molecular complexity index is 402. The normalized spacial score (nSPS) is 29.4. The number of carbonyl (C=O) groups excluding carboxylic acids is 1. The minimum absolute atomic E-state index is 0.0443. The molecular formula is C14H25N3O4. The molecule has 0 aromatic rings. The van der Waals surface area contributed by atoms with Crippen LogP contribution in [0.2, 0.25) is 0 Å². The zero-order chi connectivity index (χ0) is 15.6. The molecule has 0 bridgehead atoms. The van der Waals surface area contributed by atoms with E-state index in [9.17, 15) is 14.7 Å². The molecule has 7 nitrogen and oxygen atoms in total. The third-order valence-electron chi connectivity index (χ3n) is 4.48. The van der Waals surface area contributed by atoms with Gasteiger partial charge in [-0.1, -0.05) is 6.42 Å². The lowest BCUT2D eigenvalue weighted by Crippen LogP contribution is -2.63. The molecule has 2 fully saturated rings. The van der Waals surface area contributed by atoms with Gasteiger partial charge in [-0.3, -0.25) is 4.90 Å². The van der Waals surface area contributed by atoms with Gasteiger partial charge >= 0.3 is 12.0 Å². The Hall–Kier alpha value is -1.34. The highest BCUT2D eigenvalue weighted by atomic mass is 16.4. The number of hydrogen-bond acceptors (Lipinski definition) is 4. The van der Waals surface area contributed by atoms with Gasteiger partial charge in [-0.25, -0.2) is 9.59 Å². The standard InChI is InChI=1S/C14H25N3O4/c1-9-7-16-6-4-3-5-11(16)8-17(9)14(21)15-12(10(2)18)13(19)20/h9-12,18H,3-8H2,1-2H3,(H,15,21)(H,19,20)/t9?,10-,11?,12+/m1/s1. The number of nitrogens with one attached hydrogen (secondary N) is 1. The summed E-state index contributed by atoms with van der Waals surface area (Å²) < 4.78 is 0. The number of aliphatic hydroxyl groups excluding tert-OH is 1. The average molecular weight is 299 g/mol. The maximum Gasteiger partial charge on any atom is 0.328 e. The SMILES string of the molecule is CC1CN2CCCCC2CN1C(=O)N[C@H](C(=O)O)[C@@H](C)O. The summed E-state index contributed by atoms with van der Waals surface area (Å²) in [4.78, 5) is 27.5. The first-order valence-electron chi connectivity index (χ1n) is 7.62. The van der Waals surface area contributed by atoms with Crippen LogP contribution in [0.5, 0.6) is 0 Å². The van der Waals surface area contributed by atoms with Crippen molar-refractivity contribution in [1.29, 1.82) is 0 Å². The Labute approximate surface area is 124 Å². The van der Waals surface area contributed by atoms with Crippen LogP contribution in [0.15, 0.2) is 0 Å². The second kappa shape index (κ2) is 6.62. The molecule has 0 aliphatic carbocycles. The molecule has 0 radical (unpaired) electrons. The molecule has 4 atom stereocenters. The summed E-state index contributed by atoms with van der Waals surface area (Å²) in [5, 5.41) is 20.9. The number of amides is 2. The summed E-state index contributed by atoms with van der Waals surface area (Å²) in [5.41, 5.74) is 0. The van der Waals surface area contributed by atoms with Crippen molar-refractivity contribution < 1.29 is 19.8 Å². The largest absolute Gasteiger partial charge is 0.480 e. The van der Waals surface area contributed by atoms with Crippen molar-refractivity contribution in [2.75, 3.05) is 19.6 Å². The fourth-order valence-corrected chi connectivity index (χ4v) is 3.24. The number of carboxylic acids is 1. The van der Waals surface area contributed by atoms with Gasteiger partial charge in [-0.05, 0) is 33.2 Å². The quantitative estimate of drug-likeness (QED) is 0.687.